The number of benzene rings is 1. The molecule has 0 bridgehead atoms. The first-order valence-corrected chi connectivity index (χ1v) is 5.68. The number of hydrogen-bond donors (Lipinski definition) is 1. The number of methoxy groups -OCH3 is 1. The van der Waals surface area contributed by atoms with Crippen molar-refractivity contribution in [3.8, 4) is 17.5 Å². The van der Waals surface area contributed by atoms with Gasteiger partial charge in [-0.2, -0.15) is 9.97 Å². The maximum absolute atomic E-state index is 13.1. The van der Waals surface area contributed by atoms with Gasteiger partial charge >= 0.3 is 0 Å². The lowest BCUT2D eigenvalue weighted by molar-refractivity contribution is 0.391. The van der Waals surface area contributed by atoms with Crippen molar-refractivity contribution in [3.63, 3.8) is 0 Å². The minimum atomic E-state index is -0.423. The molecule has 0 aliphatic carbocycles. The molecular formula is C11H9BrFN3O2. The number of rotatable bonds is 3. The Kier molecular flexibility index (Phi) is 3.61. The summed E-state index contributed by atoms with van der Waals surface area (Å²) in [6.07, 6.45) is 1.25. The first kappa shape index (κ1) is 12.6. The van der Waals surface area contributed by atoms with Crippen LogP contribution in [0.3, 0.4) is 0 Å². The molecule has 0 aliphatic rings. The van der Waals surface area contributed by atoms with Crippen LogP contribution in [-0.4, -0.2) is 17.1 Å². The van der Waals surface area contributed by atoms with Crippen LogP contribution in [0, 0.1) is 5.82 Å². The Morgan fingerprint density at radius 2 is 2.00 bits per heavy atom. The van der Waals surface area contributed by atoms with Crippen LogP contribution < -0.4 is 15.2 Å². The van der Waals surface area contributed by atoms with Gasteiger partial charge in [0, 0.05) is 6.07 Å². The number of nitrogen functional groups attached to an aromatic ring is 1. The molecule has 94 valence electrons. The van der Waals surface area contributed by atoms with E-state index in [4.69, 9.17) is 15.2 Å². The summed E-state index contributed by atoms with van der Waals surface area (Å²) in [6.45, 7) is 0. The normalized spacial score (nSPS) is 10.2. The molecule has 2 aromatic rings. The molecule has 2 N–H and O–H groups in total. The third kappa shape index (κ3) is 2.51. The van der Waals surface area contributed by atoms with Gasteiger partial charge in [0.05, 0.1) is 11.6 Å². The second-order valence-corrected chi connectivity index (χ2v) is 4.13. The molecule has 0 amide bonds. The zero-order chi connectivity index (χ0) is 13.1. The van der Waals surface area contributed by atoms with E-state index in [-0.39, 0.29) is 23.2 Å². The summed E-state index contributed by atoms with van der Waals surface area (Å²) in [4.78, 5) is 7.69. The molecule has 0 saturated heterocycles. The van der Waals surface area contributed by atoms with Gasteiger partial charge in [-0.1, -0.05) is 0 Å². The van der Waals surface area contributed by atoms with Crippen molar-refractivity contribution in [1.82, 2.24) is 9.97 Å². The average molecular weight is 314 g/mol. The van der Waals surface area contributed by atoms with Crippen LogP contribution in [0.4, 0.5) is 10.1 Å². The summed E-state index contributed by atoms with van der Waals surface area (Å²) < 4.78 is 24.0. The van der Waals surface area contributed by atoms with Gasteiger partial charge < -0.3 is 15.2 Å². The monoisotopic (exact) mass is 313 g/mol. The largest absolute Gasteiger partial charge is 0.479 e. The average Bonchev–Trinajstić information content (AvgIpc) is 2.36. The summed E-state index contributed by atoms with van der Waals surface area (Å²) in [5, 5.41) is 0. The lowest BCUT2D eigenvalue weighted by Crippen LogP contribution is -2.00. The number of nitrogens with zero attached hydrogens (tertiary/aromatic N) is 2. The van der Waals surface area contributed by atoms with Crippen LogP contribution in [0.25, 0.3) is 0 Å². The molecule has 0 spiro atoms. The Bertz CT molecular complexity index is 580. The van der Waals surface area contributed by atoms with E-state index in [1.807, 2.05) is 0 Å². The van der Waals surface area contributed by atoms with E-state index in [0.29, 0.717) is 4.47 Å². The lowest BCUT2D eigenvalue weighted by atomic mass is 10.3. The van der Waals surface area contributed by atoms with E-state index >= 15 is 0 Å². The standard InChI is InChI=1S/C11H9BrFN3O2/c1-17-10-9(14)11(16-5-15-10)18-8-4-6(13)2-3-7(8)12/h2-5H,14H2,1H3. The van der Waals surface area contributed by atoms with Crippen LogP contribution >= 0.6 is 15.9 Å². The topological polar surface area (TPSA) is 70.3 Å². The van der Waals surface area contributed by atoms with Crippen LogP contribution in [0.1, 0.15) is 0 Å². The van der Waals surface area contributed by atoms with Gasteiger partial charge in [0.25, 0.3) is 0 Å². The smallest absolute Gasteiger partial charge is 0.249 e. The predicted octanol–water partition coefficient (Wildman–Crippen LogP) is 2.76. The fourth-order valence-electron chi connectivity index (χ4n) is 1.27. The molecule has 0 aliphatic heterocycles. The van der Waals surface area contributed by atoms with Gasteiger partial charge in [-0.15, -0.1) is 0 Å². The van der Waals surface area contributed by atoms with Crippen molar-refractivity contribution < 1.29 is 13.9 Å². The molecule has 0 atom stereocenters. The highest BCUT2D eigenvalue weighted by atomic mass is 79.9. The lowest BCUT2D eigenvalue weighted by Gasteiger charge is -2.10. The zero-order valence-corrected chi connectivity index (χ0v) is 10.9. The highest BCUT2D eigenvalue weighted by Gasteiger charge is 2.12. The van der Waals surface area contributed by atoms with Gasteiger partial charge in [0.15, 0.2) is 5.69 Å². The molecule has 18 heavy (non-hydrogen) atoms. The highest BCUT2D eigenvalue weighted by molar-refractivity contribution is 9.10. The van der Waals surface area contributed by atoms with Crippen molar-refractivity contribution >= 4 is 21.6 Å². The fourth-order valence-corrected chi connectivity index (χ4v) is 1.60. The Balaban J connectivity index is 2.37. The Morgan fingerprint density at radius 3 is 2.72 bits per heavy atom. The highest BCUT2D eigenvalue weighted by Crippen LogP contribution is 2.34. The second-order valence-electron chi connectivity index (χ2n) is 3.28. The number of ether oxygens (including phenoxy) is 2. The quantitative estimate of drug-likeness (QED) is 0.943. The maximum Gasteiger partial charge on any atom is 0.249 e. The van der Waals surface area contributed by atoms with Crippen molar-refractivity contribution in [2.24, 2.45) is 0 Å². The molecule has 1 aromatic carbocycles. The number of halogens is 2. The number of anilines is 1. The van der Waals surface area contributed by atoms with Gasteiger partial charge in [0.1, 0.15) is 17.9 Å². The summed E-state index contributed by atoms with van der Waals surface area (Å²) >= 11 is 3.24. The van der Waals surface area contributed by atoms with E-state index < -0.39 is 5.82 Å². The van der Waals surface area contributed by atoms with Crippen molar-refractivity contribution in [2.75, 3.05) is 12.8 Å². The van der Waals surface area contributed by atoms with E-state index in [2.05, 4.69) is 25.9 Å². The number of nitrogens with two attached hydrogens (primary N) is 1. The summed E-state index contributed by atoms with van der Waals surface area (Å²) in [7, 11) is 1.43. The SMILES string of the molecule is COc1ncnc(Oc2cc(F)ccc2Br)c1N. The van der Waals surface area contributed by atoms with Crippen LogP contribution in [0.5, 0.6) is 17.5 Å². The molecule has 0 unspecified atom stereocenters. The van der Waals surface area contributed by atoms with Crippen LogP contribution in [0.2, 0.25) is 0 Å². The van der Waals surface area contributed by atoms with E-state index in [1.54, 1.807) is 0 Å². The second kappa shape index (κ2) is 5.18. The Hall–Kier alpha value is -1.89. The molecule has 0 radical (unpaired) electrons. The minimum absolute atomic E-state index is 0.105. The molecule has 5 nitrogen and oxygen atoms in total. The molecule has 1 aromatic heterocycles. The van der Waals surface area contributed by atoms with Gasteiger partial charge in [-0.25, -0.2) is 4.39 Å². The van der Waals surface area contributed by atoms with E-state index in [1.165, 1.54) is 31.6 Å². The van der Waals surface area contributed by atoms with Gasteiger partial charge in [-0.3, -0.25) is 0 Å². The predicted molar refractivity (Wildman–Crippen MR) is 67.2 cm³/mol. The Labute approximate surface area is 111 Å². The zero-order valence-electron chi connectivity index (χ0n) is 9.35. The third-order valence-electron chi connectivity index (χ3n) is 2.10. The first-order chi connectivity index (χ1) is 8.61. The third-order valence-corrected chi connectivity index (χ3v) is 2.76. The Morgan fingerprint density at radius 1 is 1.28 bits per heavy atom. The first-order valence-electron chi connectivity index (χ1n) is 4.89. The maximum atomic E-state index is 13.1. The fraction of sp³-hybridized carbons (Fsp3) is 0.0909. The van der Waals surface area contributed by atoms with E-state index in [9.17, 15) is 4.39 Å². The molecule has 7 heteroatoms. The summed E-state index contributed by atoms with van der Waals surface area (Å²) in [5.41, 5.74) is 5.89. The summed E-state index contributed by atoms with van der Waals surface area (Å²) in [5.74, 6) is 0.149. The molecule has 0 saturated carbocycles. The van der Waals surface area contributed by atoms with Crippen LogP contribution in [0.15, 0.2) is 29.0 Å². The molecule has 0 fully saturated rings. The van der Waals surface area contributed by atoms with Crippen molar-refractivity contribution in [1.29, 1.82) is 0 Å². The van der Waals surface area contributed by atoms with Gasteiger partial charge in [0.2, 0.25) is 11.8 Å². The van der Waals surface area contributed by atoms with Crippen molar-refractivity contribution in [3.05, 3.63) is 34.8 Å². The summed E-state index contributed by atoms with van der Waals surface area (Å²) in [6, 6.07) is 4.05. The van der Waals surface area contributed by atoms with E-state index in [0.717, 1.165) is 0 Å². The number of aromatic nitrogens is 2. The van der Waals surface area contributed by atoms with Gasteiger partial charge in [-0.05, 0) is 28.1 Å². The minimum Gasteiger partial charge on any atom is -0.479 e. The molecular weight excluding hydrogens is 305 g/mol. The molecule has 1 heterocycles. The van der Waals surface area contributed by atoms with Crippen molar-refractivity contribution in [2.45, 2.75) is 0 Å². The number of hydrogen-bond acceptors (Lipinski definition) is 5. The molecule has 2 rings (SSSR count). The van der Waals surface area contributed by atoms with Crippen LogP contribution in [-0.2, 0) is 0 Å².